The summed E-state index contributed by atoms with van der Waals surface area (Å²) in [6, 6.07) is 68.7. The second-order valence-electron chi connectivity index (χ2n) is 14.4. The van der Waals surface area contributed by atoms with Crippen molar-refractivity contribution in [1.29, 1.82) is 0 Å². The topological polar surface area (TPSA) is 0 Å². The van der Waals surface area contributed by atoms with Crippen LogP contribution in [0.4, 0.5) is 0 Å². The quantitative estimate of drug-likeness (QED) is 0.165. The van der Waals surface area contributed by atoms with E-state index in [1.807, 2.05) is 0 Å². The maximum Gasteiger partial charge on any atom is 0.0726 e. The van der Waals surface area contributed by atoms with E-state index < -0.39 is 5.41 Å². The molecule has 0 heterocycles. The summed E-state index contributed by atoms with van der Waals surface area (Å²) in [5, 5.41) is 10.5. The summed E-state index contributed by atoms with van der Waals surface area (Å²) in [7, 11) is 0. The number of rotatable bonds is 2. The van der Waals surface area contributed by atoms with E-state index in [-0.39, 0.29) is 0 Å². The molecule has 1 spiro atoms. The van der Waals surface area contributed by atoms with E-state index in [0.29, 0.717) is 0 Å². The first-order valence-corrected chi connectivity index (χ1v) is 17.9. The van der Waals surface area contributed by atoms with Gasteiger partial charge in [-0.15, -0.1) is 0 Å². The molecule has 0 aliphatic heterocycles. The lowest BCUT2D eigenvalue weighted by Gasteiger charge is -2.31. The number of benzene rings is 10. The van der Waals surface area contributed by atoms with Crippen molar-refractivity contribution in [2.75, 3.05) is 0 Å². The third kappa shape index (κ3) is 3.44. The van der Waals surface area contributed by atoms with Gasteiger partial charge in [-0.05, 0) is 134 Å². The predicted molar refractivity (Wildman–Crippen MR) is 215 cm³/mol. The summed E-state index contributed by atoms with van der Waals surface area (Å²) >= 11 is 0. The molecular formula is C51H30. The minimum absolute atomic E-state index is 0.447. The molecule has 0 fully saturated rings. The van der Waals surface area contributed by atoms with E-state index in [2.05, 4.69) is 182 Å². The smallest absolute Gasteiger partial charge is 0.0622 e. The highest BCUT2D eigenvalue weighted by Gasteiger charge is 2.52. The Labute approximate surface area is 296 Å². The van der Waals surface area contributed by atoms with Gasteiger partial charge in [0, 0.05) is 0 Å². The zero-order chi connectivity index (χ0) is 33.3. The van der Waals surface area contributed by atoms with Crippen LogP contribution in [0.5, 0.6) is 0 Å². The van der Waals surface area contributed by atoms with E-state index in [4.69, 9.17) is 0 Å². The highest BCUT2D eigenvalue weighted by molar-refractivity contribution is 6.23. The highest BCUT2D eigenvalue weighted by atomic mass is 14.5. The highest BCUT2D eigenvalue weighted by Crippen LogP contribution is 2.65. The lowest BCUT2D eigenvalue weighted by Crippen LogP contribution is -2.26. The normalized spacial score (nSPS) is 13.6. The van der Waals surface area contributed by atoms with Gasteiger partial charge in [-0.3, -0.25) is 0 Å². The molecule has 0 saturated carbocycles. The van der Waals surface area contributed by atoms with E-state index in [9.17, 15) is 0 Å². The van der Waals surface area contributed by atoms with Gasteiger partial charge in [0.05, 0.1) is 5.41 Å². The zero-order valence-corrected chi connectivity index (χ0v) is 27.8. The third-order valence-corrected chi connectivity index (χ3v) is 12.0. The fourth-order valence-corrected chi connectivity index (χ4v) is 9.96. The van der Waals surface area contributed by atoms with Crippen molar-refractivity contribution in [2.45, 2.75) is 5.41 Å². The van der Waals surface area contributed by atoms with Gasteiger partial charge in [0.15, 0.2) is 0 Å². The summed E-state index contributed by atoms with van der Waals surface area (Å²) in [6.07, 6.45) is 0. The van der Waals surface area contributed by atoms with Crippen molar-refractivity contribution in [2.24, 2.45) is 0 Å². The molecule has 12 rings (SSSR count). The number of hydrogen-bond acceptors (Lipinski definition) is 0. The molecule has 0 amide bonds. The molecule has 0 heteroatoms. The summed E-state index contributed by atoms with van der Waals surface area (Å²) in [5.74, 6) is 0. The molecule has 0 saturated heterocycles. The maximum absolute atomic E-state index is 2.53. The Morgan fingerprint density at radius 2 is 0.863 bits per heavy atom. The Morgan fingerprint density at radius 3 is 1.59 bits per heavy atom. The van der Waals surface area contributed by atoms with Crippen LogP contribution in [0.3, 0.4) is 0 Å². The Balaban J connectivity index is 1.21. The minimum Gasteiger partial charge on any atom is -0.0622 e. The van der Waals surface area contributed by atoms with Crippen LogP contribution in [0.15, 0.2) is 182 Å². The molecule has 0 atom stereocenters. The molecule has 0 radical (unpaired) electrons. The molecule has 2 aliphatic rings. The van der Waals surface area contributed by atoms with Crippen LogP contribution in [0, 0.1) is 0 Å². The first kappa shape index (κ1) is 27.3. The van der Waals surface area contributed by atoms with Gasteiger partial charge in [0.25, 0.3) is 0 Å². The van der Waals surface area contributed by atoms with Crippen LogP contribution >= 0.6 is 0 Å². The molecule has 51 heavy (non-hydrogen) atoms. The van der Waals surface area contributed by atoms with Crippen LogP contribution < -0.4 is 0 Å². The van der Waals surface area contributed by atoms with Crippen molar-refractivity contribution in [3.8, 4) is 44.5 Å². The van der Waals surface area contributed by atoms with Gasteiger partial charge in [-0.2, -0.15) is 0 Å². The standard InChI is InChI=1S/C51H30/c1-2-11-31(12-3-1)49-39-16-5-4-13-35(39)30-46-50(49)42-26-25-34(29-45(42)51(46)43-19-8-6-17-40(43)41-18-7-9-20-44(41)51)38-27-36-23-21-32-14-10-15-33-22-24-37(28-38)48(36)47(32)33/h1-30H. The molecule has 234 valence electrons. The van der Waals surface area contributed by atoms with Gasteiger partial charge < -0.3 is 0 Å². The first-order valence-electron chi connectivity index (χ1n) is 17.9. The average molecular weight is 643 g/mol. The van der Waals surface area contributed by atoms with Crippen molar-refractivity contribution < 1.29 is 0 Å². The molecule has 10 aromatic carbocycles. The van der Waals surface area contributed by atoms with Crippen LogP contribution in [-0.2, 0) is 5.41 Å². The Morgan fingerprint density at radius 1 is 0.275 bits per heavy atom. The molecule has 0 nitrogen and oxygen atoms in total. The number of fused-ring (bicyclic) bond motifs is 11. The lowest BCUT2D eigenvalue weighted by molar-refractivity contribution is 0.795. The summed E-state index contributed by atoms with van der Waals surface area (Å²) in [5.41, 5.74) is 15.4. The molecule has 10 aromatic rings. The first-order chi connectivity index (χ1) is 25.3. The minimum atomic E-state index is -0.447. The monoisotopic (exact) mass is 642 g/mol. The summed E-state index contributed by atoms with van der Waals surface area (Å²) in [6.45, 7) is 0. The second kappa shape index (κ2) is 9.81. The van der Waals surface area contributed by atoms with E-state index in [1.54, 1.807) is 0 Å². The van der Waals surface area contributed by atoms with Gasteiger partial charge >= 0.3 is 0 Å². The third-order valence-electron chi connectivity index (χ3n) is 12.0. The molecule has 2 aliphatic carbocycles. The van der Waals surface area contributed by atoms with Crippen molar-refractivity contribution >= 4 is 43.1 Å². The molecular weight excluding hydrogens is 613 g/mol. The van der Waals surface area contributed by atoms with Crippen LogP contribution in [0.25, 0.3) is 87.6 Å². The Kier molecular flexibility index (Phi) is 5.26. The van der Waals surface area contributed by atoms with Crippen LogP contribution in [0.1, 0.15) is 22.3 Å². The van der Waals surface area contributed by atoms with E-state index in [1.165, 1.54) is 110 Å². The summed E-state index contributed by atoms with van der Waals surface area (Å²) in [4.78, 5) is 0. The summed E-state index contributed by atoms with van der Waals surface area (Å²) < 4.78 is 0. The van der Waals surface area contributed by atoms with Crippen molar-refractivity contribution in [3.63, 3.8) is 0 Å². The fourth-order valence-electron chi connectivity index (χ4n) is 9.96. The molecule has 0 bridgehead atoms. The lowest BCUT2D eigenvalue weighted by atomic mass is 9.69. The molecule has 0 aromatic heterocycles. The van der Waals surface area contributed by atoms with Gasteiger partial charge in [0.1, 0.15) is 0 Å². The number of hydrogen-bond donors (Lipinski definition) is 0. The Hall–Kier alpha value is -6.50. The maximum atomic E-state index is 2.53. The van der Waals surface area contributed by atoms with Crippen LogP contribution in [-0.4, -0.2) is 0 Å². The van der Waals surface area contributed by atoms with E-state index >= 15 is 0 Å². The second-order valence-corrected chi connectivity index (χ2v) is 14.4. The van der Waals surface area contributed by atoms with E-state index in [0.717, 1.165) is 0 Å². The fraction of sp³-hybridized carbons (Fsp3) is 0.0196. The molecule has 0 unspecified atom stereocenters. The average Bonchev–Trinajstić information content (AvgIpc) is 3.66. The largest absolute Gasteiger partial charge is 0.0726 e. The molecule has 0 N–H and O–H groups in total. The van der Waals surface area contributed by atoms with Crippen LogP contribution in [0.2, 0.25) is 0 Å². The zero-order valence-electron chi connectivity index (χ0n) is 27.8. The van der Waals surface area contributed by atoms with Crippen molar-refractivity contribution in [1.82, 2.24) is 0 Å². The van der Waals surface area contributed by atoms with Gasteiger partial charge in [0.2, 0.25) is 0 Å². The predicted octanol–water partition coefficient (Wildman–Crippen LogP) is 13.4. The van der Waals surface area contributed by atoms with Crippen molar-refractivity contribution in [3.05, 3.63) is 204 Å². The van der Waals surface area contributed by atoms with Gasteiger partial charge in [-0.1, -0.05) is 158 Å². The SMILES string of the molecule is c1ccc(-c2c3c(cc4ccccc24)C2(c4ccccc4-c4ccccc42)c2cc(-c4cc5ccc6cccc7ccc(c4)c5c67)ccc2-3)cc1. The van der Waals surface area contributed by atoms with Gasteiger partial charge in [-0.25, -0.2) is 0 Å². The Bertz CT molecular complexity index is 2960.